The van der Waals surface area contributed by atoms with E-state index in [4.69, 9.17) is 4.52 Å². The van der Waals surface area contributed by atoms with Gasteiger partial charge >= 0.3 is 0 Å². The number of nitrogens with zero attached hydrogens (tertiary/aromatic N) is 4. The second-order valence-electron chi connectivity index (χ2n) is 6.78. The van der Waals surface area contributed by atoms with Gasteiger partial charge in [0.2, 0.25) is 5.91 Å². The highest BCUT2D eigenvalue weighted by atomic mass is 19.1. The van der Waals surface area contributed by atoms with Gasteiger partial charge in [-0.2, -0.15) is 4.98 Å². The van der Waals surface area contributed by atoms with E-state index in [0.717, 1.165) is 11.3 Å². The van der Waals surface area contributed by atoms with E-state index < -0.39 is 0 Å². The molecule has 1 aliphatic heterocycles. The van der Waals surface area contributed by atoms with Crippen molar-refractivity contribution in [3.8, 4) is 11.5 Å². The summed E-state index contributed by atoms with van der Waals surface area (Å²) in [5.41, 5.74) is 2.54. The van der Waals surface area contributed by atoms with Gasteiger partial charge in [-0.05, 0) is 42.5 Å². The molecule has 1 fully saturated rings. The first kappa shape index (κ1) is 17.2. The lowest BCUT2D eigenvalue weighted by Gasteiger charge is -2.15. The third-order valence-corrected chi connectivity index (χ3v) is 4.68. The molecule has 1 aliphatic rings. The molecular formula is C20H19FN4O2. The number of amides is 1. The molecule has 2 heterocycles. The molecule has 0 bridgehead atoms. The number of carbonyl (C=O) groups excluding carboxylic acids is 1. The third kappa shape index (κ3) is 3.40. The lowest BCUT2D eigenvalue weighted by molar-refractivity contribution is -0.117. The van der Waals surface area contributed by atoms with Gasteiger partial charge in [-0.3, -0.25) is 4.79 Å². The fourth-order valence-corrected chi connectivity index (χ4v) is 3.19. The normalized spacial score (nSPS) is 16.8. The fourth-order valence-electron chi connectivity index (χ4n) is 3.19. The Labute approximate surface area is 156 Å². The minimum atomic E-state index is -0.329. The van der Waals surface area contributed by atoms with Crippen molar-refractivity contribution in [3.05, 3.63) is 60.2 Å². The maximum absolute atomic E-state index is 13.1. The van der Waals surface area contributed by atoms with Crippen LogP contribution in [-0.2, 0) is 4.79 Å². The van der Waals surface area contributed by atoms with Gasteiger partial charge in [-0.15, -0.1) is 0 Å². The predicted molar refractivity (Wildman–Crippen MR) is 100 cm³/mol. The standard InChI is InChI=1S/C20H19FN4O2/c1-24(2)17-5-3-4-13(10-17)20-22-19(23-27-20)14-11-18(26)25(12-14)16-8-6-15(21)7-9-16/h3-10,14H,11-12H2,1-2H3/t14-/m1/s1. The quantitative estimate of drug-likeness (QED) is 0.708. The van der Waals surface area contributed by atoms with Crippen molar-refractivity contribution in [3.63, 3.8) is 0 Å². The summed E-state index contributed by atoms with van der Waals surface area (Å²) in [6.45, 7) is 0.446. The number of benzene rings is 2. The van der Waals surface area contributed by atoms with Crippen LogP contribution in [-0.4, -0.2) is 36.7 Å². The summed E-state index contributed by atoms with van der Waals surface area (Å²) in [5.74, 6) is 0.425. The fraction of sp³-hybridized carbons (Fsp3) is 0.250. The summed E-state index contributed by atoms with van der Waals surface area (Å²) in [6.07, 6.45) is 0.300. The van der Waals surface area contributed by atoms with Crippen LogP contribution >= 0.6 is 0 Å². The second kappa shape index (κ2) is 6.83. The largest absolute Gasteiger partial charge is 0.378 e. The molecule has 1 amide bonds. The van der Waals surface area contributed by atoms with Crippen molar-refractivity contribution in [2.45, 2.75) is 12.3 Å². The predicted octanol–water partition coefficient (Wildman–Crippen LogP) is 3.46. The highest BCUT2D eigenvalue weighted by molar-refractivity contribution is 5.96. The van der Waals surface area contributed by atoms with E-state index in [-0.39, 0.29) is 17.6 Å². The third-order valence-electron chi connectivity index (χ3n) is 4.68. The Hall–Kier alpha value is -3.22. The Morgan fingerprint density at radius 3 is 2.70 bits per heavy atom. The molecule has 0 aliphatic carbocycles. The summed E-state index contributed by atoms with van der Waals surface area (Å²) < 4.78 is 18.5. The van der Waals surface area contributed by atoms with E-state index in [1.807, 2.05) is 43.3 Å². The maximum atomic E-state index is 13.1. The van der Waals surface area contributed by atoms with E-state index in [1.165, 1.54) is 12.1 Å². The molecule has 4 rings (SSSR count). The molecule has 0 unspecified atom stereocenters. The minimum absolute atomic E-state index is 0.0347. The summed E-state index contributed by atoms with van der Waals surface area (Å²) in [4.78, 5) is 20.5. The number of hydrogen-bond acceptors (Lipinski definition) is 5. The number of hydrogen-bond donors (Lipinski definition) is 0. The topological polar surface area (TPSA) is 62.5 Å². The van der Waals surface area contributed by atoms with Crippen molar-refractivity contribution in [2.24, 2.45) is 0 Å². The van der Waals surface area contributed by atoms with Crippen LogP contribution in [0.15, 0.2) is 53.1 Å². The zero-order chi connectivity index (χ0) is 19.0. The van der Waals surface area contributed by atoms with Gasteiger partial charge in [0.15, 0.2) is 5.82 Å². The monoisotopic (exact) mass is 366 g/mol. The van der Waals surface area contributed by atoms with E-state index in [1.54, 1.807) is 17.0 Å². The number of anilines is 2. The zero-order valence-corrected chi connectivity index (χ0v) is 15.1. The van der Waals surface area contributed by atoms with Gasteiger partial charge in [0.1, 0.15) is 5.82 Å². The van der Waals surface area contributed by atoms with Crippen molar-refractivity contribution in [1.29, 1.82) is 0 Å². The average Bonchev–Trinajstić information content (AvgIpc) is 3.29. The van der Waals surface area contributed by atoms with Gasteiger partial charge in [-0.1, -0.05) is 11.2 Å². The van der Waals surface area contributed by atoms with Gasteiger partial charge in [0, 0.05) is 49.9 Å². The van der Waals surface area contributed by atoms with Crippen LogP contribution in [0.5, 0.6) is 0 Å². The summed E-state index contributed by atoms with van der Waals surface area (Å²) in [6, 6.07) is 13.7. The number of aromatic nitrogens is 2. The molecule has 0 spiro atoms. The Morgan fingerprint density at radius 2 is 1.96 bits per heavy atom. The minimum Gasteiger partial charge on any atom is -0.378 e. The van der Waals surface area contributed by atoms with E-state index in [0.29, 0.717) is 30.4 Å². The highest BCUT2D eigenvalue weighted by Crippen LogP contribution is 2.32. The lowest BCUT2D eigenvalue weighted by Crippen LogP contribution is -2.24. The van der Waals surface area contributed by atoms with Crippen molar-refractivity contribution >= 4 is 17.3 Å². The van der Waals surface area contributed by atoms with Crippen LogP contribution in [0.3, 0.4) is 0 Å². The Bertz CT molecular complexity index is 968. The van der Waals surface area contributed by atoms with E-state index in [2.05, 4.69) is 10.1 Å². The Balaban J connectivity index is 1.54. The summed E-state index contributed by atoms with van der Waals surface area (Å²) >= 11 is 0. The number of carbonyl (C=O) groups is 1. The molecule has 27 heavy (non-hydrogen) atoms. The zero-order valence-electron chi connectivity index (χ0n) is 15.1. The van der Waals surface area contributed by atoms with E-state index in [9.17, 15) is 9.18 Å². The molecule has 0 N–H and O–H groups in total. The maximum Gasteiger partial charge on any atom is 0.258 e. The van der Waals surface area contributed by atoms with Crippen LogP contribution in [0.1, 0.15) is 18.2 Å². The highest BCUT2D eigenvalue weighted by Gasteiger charge is 2.34. The van der Waals surface area contributed by atoms with Crippen LogP contribution in [0, 0.1) is 5.82 Å². The Morgan fingerprint density at radius 1 is 1.19 bits per heavy atom. The first-order valence-electron chi connectivity index (χ1n) is 8.68. The first-order valence-corrected chi connectivity index (χ1v) is 8.68. The van der Waals surface area contributed by atoms with Crippen LogP contribution in [0.4, 0.5) is 15.8 Å². The SMILES string of the molecule is CN(C)c1cccc(-c2nc([C@@H]3CC(=O)N(c4ccc(F)cc4)C3)no2)c1. The second-order valence-corrected chi connectivity index (χ2v) is 6.78. The van der Waals surface area contributed by atoms with Gasteiger partial charge in [0.25, 0.3) is 5.89 Å². The average molecular weight is 366 g/mol. The number of halogens is 1. The molecule has 2 aromatic carbocycles. The Kier molecular flexibility index (Phi) is 4.35. The lowest BCUT2D eigenvalue weighted by atomic mass is 10.1. The smallest absolute Gasteiger partial charge is 0.258 e. The van der Waals surface area contributed by atoms with Crippen molar-refractivity contribution < 1.29 is 13.7 Å². The molecule has 1 atom stereocenters. The van der Waals surface area contributed by atoms with Crippen LogP contribution in [0.2, 0.25) is 0 Å². The molecule has 0 radical (unpaired) electrons. The molecule has 1 aromatic heterocycles. The molecule has 7 heteroatoms. The van der Waals surface area contributed by atoms with Gasteiger partial charge in [0.05, 0.1) is 0 Å². The summed E-state index contributed by atoms with van der Waals surface area (Å²) in [5, 5.41) is 4.09. The first-order chi connectivity index (χ1) is 13.0. The van der Waals surface area contributed by atoms with Crippen molar-refractivity contribution in [1.82, 2.24) is 10.1 Å². The molecular weight excluding hydrogens is 347 g/mol. The number of rotatable bonds is 4. The van der Waals surface area contributed by atoms with Crippen LogP contribution in [0.25, 0.3) is 11.5 Å². The van der Waals surface area contributed by atoms with Crippen molar-refractivity contribution in [2.75, 3.05) is 30.4 Å². The molecule has 138 valence electrons. The van der Waals surface area contributed by atoms with Gasteiger partial charge < -0.3 is 14.3 Å². The van der Waals surface area contributed by atoms with Crippen LogP contribution < -0.4 is 9.80 Å². The molecule has 3 aromatic rings. The molecule has 6 nitrogen and oxygen atoms in total. The van der Waals surface area contributed by atoms with E-state index >= 15 is 0 Å². The molecule has 0 saturated carbocycles. The summed E-state index contributed by atoms with van der Waals surface area (Å²) in [7, 11) is 3.93. The molecule has 1 saturated heterocycles. The van der Waals surface area contributed by atoms with Gasteiger partial charge in [-0.25, -0.2) is 4.39 Å².